The molecule has 3 nitrogen and oxygen atoms in total. The van der Waals surface area contributed by atoms with Gasteiger partial charge in [0.05, 0.1) is 27.2 Å². The van der Waals surface area contributed by atoms with E-state index in [0.717, 1.165) is 32.8 Å². The van der Waals surface area contributed by atoms with Gasteiger partial charge in [-0.3, -0.25) is 0 Å². The van der Waals surface area contributed by atoms with Gasteiger partial charge in [-0.2, -0.15) is 5.10 Å². The summed E-state index contributed by atoms with van der Waals surface area (Å²) in [4.78, 5) is 1.11. The summed E-state index contributed by atoms with van der Waals surface area (Å²) in [6.07, 6.45) is 0.0189. The maximum Gasteiger partial charge on any atom is 0.218 e. The zero-order valence-electron chi connectivity index (χ0n) is 13.9. The van der Waals surface area contributed by atoms with Gasteiger partial charge in [0, 0.05) is 16.5 Å². The van der Waals surface area contributed by atoms with Gasteiger partial charge in [0.25, 0.3) is 0 Å². The molecule has 0 saturated carbocycles. The molecule has 5 rings (SSSR count). The van der Waals surface area contributed by atoms with E-state index in [4.69, 9.17) is 21.4 Å². The van der Waals surface area contributed by atoms with E-state index < -0.39 is 12.0 Å². The fourth-order valence-corrected chi connectivity index (χ4v) is 4.94. The molecule has 2 aliphatic rings. The molecule has 136 valence electrons. The van der Waals surface area contributed by atoms with E-state index in [1.54, 1.807) is 23.5 Å². The lowest BCUT2D eigenvalue weighted by atomic mass is 9.97. The van der Waals surface area contributed by atoms with Crippen LogP contribution in [-0.4, -0.2) is 10.7 Å². The first-order chi connectivity index (χ1) is 13.1. The first-order valence-electron chi connectivity index (χ1n) is 8.41. The summed E-state index contributed by atoms with van der Waals surface area (Å²) in [6.45, 7) is 0. The molecular formula is C20H13BrClFN2OS. The fraction of sp³-hybridized carbons (Fsp3) is 0.150. The van der Waals surface area contributed by atoms with E-state index in [2.05, 4.69) is 22.0 Å². The predicted octanol–water partition coefficient (Wildman–Crippen LogP) is 6.55. The van der Waals surface area contributed by atoms with Crippen molar-refractivity contribution < 1.29 is 9.13 Å². The van der Waals surface area contributed by atoms with Crippen LogP contribution in [0.25, 0.3) is 0 Å². The van der Waals surface area contributed by atoms with Crippen molar-refractivity contribution in [1.29, 1.82) is 0 Å². The molecule has 1 aromatic heterocycles. The van der Waals surface area contributed by atoms with Crippen LogP contribution in [0.3, 0.4) is 0 Å². The van der Waals surface area contributed by atoms with E-state index >= 15 is 0 Å². The lowest BCUT2D eigenvalue weighted by molar-refractivity contribution is -0.0211. The summed E-state index contributed by atoms with van der Waals surface area (Å²) in [7, 11) is 0. The Labute approximate surface area is 173 Å². The maximum atomic E-state index is 14.7. The number of rotatable bonds is 2. The molecule has 2 aromatic carbocycles. The van der Waals surface area contributed by atoms with Crippen molar-refractivity contribution in [3.05, 3.63) is 85.2 Å². The molecule has 7 heteroatoms. The Kier molecular flexibility index (Phi) is 4.22. The Morgan fingerprint density at radius 1 is 1.22 bits per heavy atom. The highest BCUT2D eigenvalue weighted by Crippen LogP contribution is 2.49. The quantitative estimate of drug-likeness (QED) is 0.431. The van der Waals surface area contributed by atoms with E-state index in [-0.39, 0.29) is 6.04 Å². The molecule has 3 heterocycles. The fourth-order valence-electron chi connectivity index (χ4n) is 3.59. The Balaban J connectivity index is 1.66. The third kappa shape index (κ3) is 2.87. The average Bonchev–Trinajstić information content (AvgIpc) is 3.31. The number of halogens is 3. The first kappa shape index (κ1) is 17.2. The highest BCUT2D eigenvalue weighted by molar-refractivity contribution is 9.10. The minimum absolute atomic E-state index is 0.0379. The van der Waals surface area contributed by atoms with Gasteiger partial charge >= 0.3 is 0 Å². The second-order valence-corrected chi connectivity index (χ2v) is 8.68. The third-order valence-corrected chi connectivity index (χ3v) is 6.55. The number of fused-ring (bicyclic) bond motifs is 3. The monoisotopic (exact) mass is 462 g/mol. The van der Waals surface area contributed by atoms with Crippen LogP contribution in [0.1, 0.15) is 34.7 Å². The molecule has 0 N–H and O–H groups in total. The zero-order chi connectivity index (χ0) is 18.5. The van der Waals surface area contributed by atoms with Crippen LogP contribution in [0.5, 0.6) is 5.75 Å². The van der Waals surface area contributed by atoms with Crippen molar-refractivity contribution in [2.45, 2.75) is 18.7 Å². The number of thiophene rings is 1. The maximum absolute atomic E-state index is 14.7. The van der Waals surface area contributed by atoms with Gasteiger partial charge < -0.3 is 4.74 Å². The minimum atomic E-state index is -0.713. The number of hydrazone groups is 1. The molecule has 0 fully saturated rings. The molecule has 3 aromatic rings. The Hall–Kier alpha value is -1.89. The molecule has 0 bridgehead atoms. The van der Waals surface area contributed by atoms with Gasteiger partial charge in [-0.25, -0.2) is 9.40 Å². The van der Waals surface area contributed by atoms with Crippen LogP contribution < -0.4 is 4.74 Å². The lowest BCUT2D eigenvalue weighted by Crippen LogP contribution is -2.34. The van der Waals surface area contributed by atoms with Crippen LogP contribution in [0.2, 0.25) is 5.02 Å². The second kappa shape index (κ2) is 6.62. The molecule has 27 heavy (non-hydrogen) atoms. The van der Waals surface area contributed by atoms with Crippen molar-refractivity contribution in [3.63, 3.8) is 0 Å². The van der Waals surface area contributed by atoms with Crippen LogP contribution in [0.15, 0.2) is 63.5 Å². The van der Waals surface area contributed by atoms with E-state index in [1.165, 1.54) is 6.07 Å². The van der Waals surface area contributed by atoms with E-state index in [0.29, 0.717) is 10.6 Å². The Morgan fingerprint density at radius 3 is 2.89 bits per heavy atom. The molecule has 0 aliphatic carbocycles. The zero-order valence-corrected chi connectivity index (χ0v) is 17.1. The molecule has 2 aliphatic heterocycles. The lowest BCUT2D eigenvalue weighted by Gasteiger charge is -2.38. The molecular weight excluding hydrogens is 451 g/mol. The summed E-state index contributed by atoms with van der Waals surface area (Å²) in [6, 6.07) is 14.6. The van der Waals surface area contributed by atoms with E-state index in [1.807, 2.05) is 34.7 Å². The van der Waals surface area contributed by atoms with Gasteiger partial charge in [0.2, 0.25) is 6.23 Å². The average molecular weight is 464 g/mol. The van der Waals surface area contributed by atoms with Crippen LogP contribution in [-0.2, 0) is 0 Å². The summed E-state index contributed by atoms with van der Waals surface area (Å²) < 4.78 is 21.8. The number of hydrogen-bond donors (Lipinski definition) is 0. The molecule has 0 amide bonds. The summed E-state index contributed by atoms with van der Waals surface area (Å²) in [5.41, 5.74) is 2.32. The van der Waals surface area contributed by atoms with Crippen molar-refractivity contribution in [2.75, 3.05) is 0 Å². The second-order valence-electron chi connectivity index (χ2n) is 6.41. The normalized spacial score (nSPS) is 20.7. The molecule has 0 radical (unpaired) electrons. The molecule has 0 saturated heterocycles. The third-order valence-electron chi connectivity index (χ3n) is 4.80. The molecule has 0 unspecified atom stereocenters. The highest BCUT2D eigenvalue weighted by Gasteiger charge is 2.42. The van der Waals surface area contributed by atoms with Gasteiger partial charge in [-0.1, -0.05) is 39.7 Å². The Bertz CT molecular complexity index is 1040. The van der Waals surface area contributed by atoms with Crippen LogP contribution in [0, 0.1) is 5.82 Å². The first-order valence-corrected chi connectivity index (χ1v) is 10.5. The van der Waals surface area contributed by atoms with Crippen molar-refractivity contribution in [3.8, 4) is 5.75 Å². The van der Waals surface area contributed by atoms with Gasteiger partial charge in [-0.15, -0.1) is 11.3 Å². The number of hydrogen-bond acceptors (Lipinski definition) is 4. The van der Waals surface area contributed by atoms with Gasteiger partial charge in [0.1, 0.15) is 11.6 Å². The minimum Gasteiger partial charge on any atom is -0.464 e. The smallest absolute Gasteiger partial charge is 0.218 e. The van der Waals surface area contributed by atoms with E-state index in [9.17, 15) is 4.39 Å². The Morgan fingerprint density at radius 2 is 2.11 bits per heavy atom. The topological polar surface area (TPSA) is 24.8 Å². The standard InChI is InChI=1S/C20H13BrClFN2OS/c21-11-6-7-17-12(9-11)16-10-15(18-5-2-8-27-18)24-25(16)20(26-17)19-13(22)3-1-4-14(19)23/h1-9,16,20H,10H2/t16-,20+/m1/s1. The summed E-state index contributed by atoms with van der Waals surface area (Å²) in [5, 5.41) is 9.02. The largest absolute Gasteiger partial charge is 0.464 e. The SMILES string of the molecule is Fc1cccc(Cl)c1[C@@H]1Oc2ccc(Br)cc2[C@H]2CC(c3cccs3)=NN21. The highest BCUT2D eigenvalue weighted by atomic mass is 79.9. The number of benzene rings is 2. The van der Waals surface area contributed by atoms with Crippen molar-refractivity contribution >= 4 is 44.6 Å². The van der Waals surface area contributed by atoms with Crippen molar-refractivity contribution in [2.24, 2.45) is 5.10 Å². The summed E-state index contributed by atoms with van der Waals surface area (Å²) in [5.74, 6) is 0.331. The molecule has 0 spiro atoms. The predicted molar refractivity (Wildman–Crippen MR) is 109 cm³/mol. The van der Waals surface area contributed by atoms with Crippen LogP contribution >= 0.6 is 38.9 Å². The van der Waals surface area contributed by atoms with Crippen LogP contribution in [0.4, 0.5) is 4.39 Å². The van der Waals surface area contributed by atoms with Gasteiger partial charge in [0.15, 0.2) is 0 Å². The van der Waals surface area contributed by atoms with Gasteiger partial charge in [-0.05, 0) is 41.8 Å². The number of ether oxygens (including phenoxy) is 1. The summed E-state index contributed by atoms with van der Waals surface area (Å²) >= 11 is 11.5. The molecule has 2 atom stereocenters. The van der Waals surface area contributed by atoms with Crippen molar-refractivity contribution in [1.82, 2.24) is 5.01 Å². The number of nitrogens with zero attached hydrogens (tertiary/aromatic N) is 2.